The fourth-order valence-electron chi connectivity index (χ4n) is 0.809. The molecule has 1 rings (SSSR count). The van der Waals surface area contributed by atoms with Crippen LogP contribution in [0.1, 0.15) is 6.42 Å². The summed E-state index contributed by atoms with van der Waals surface area (Å²) in [7, 11) is 0. The first kappa shape index (κ1) is 8.54. The molecule has 0 aromatic rings. The van der Waals surface area contributed by atoms with Crippen molar-refractivity contribution in [2.45, 2.75) is 11.4 Å². The van der Waals surface area contributed by atoms with Gasteiger partial charge in [0.25, 0.3) is 0 Å². The summed E-state index contributed by atoms with van der Waals surface area (Å²) in [6.45, 7) is 0. The zero-order valence-corrected chi connectivity index (χ0v) is 7.06. The van der Waals surface area contributed by atoms with E-state index in [9.17, 15) is 4.79 Å². The van der Waals surface area contributed by atoms with Crippen molar-refractivity contribution in [3.63, 3.8) is 0 Å². The number of hydrogen-bond donors (Lipinski definition) is 0. The van der Waals surface area contributed by atoms with Crippen molar-refractivity contribution in [1.29, 1.82) is 0 Å². The van der Waals surface area contributed by atoms with E-state index in [0.29, 0.717) is 11.5 Å². The summed E-state index contributed by atoms with van der Waals surface area (Å²) < 4.78 is 0. The maximum absolute atomic E-state index is 9.91. The van der Waals surface area contributed by atoms with E-state index in [1.165, 1.54) is 12.2 Å². The van der Waals surface area contributed by atoms with Crippen LogP contribution in [0.5, 0.6) is 0 Å². The van der Waals surface area contributed by atoms with Crippen molar-refractivity contribution >= 4 is 29.3 Å². The lowest BCUT2D eigenvalue weighted by molar-refractivity contribution is 0.557. The van der Waals surface area contributed by atoms with Crippen LogP contribution >= 0.6 is 23.2 Å². The molecule has 1 unspecified atom stereocenters. The summed E-state index contributed by atoms with van der Waals surface area (Å²) in [6.07, 6.45) is 6.86. The topological polar surface area (TPSA) is 29.4 Å². The number of halogens is 2. The van der Waals surface area contributed by atoms with E-state index >= 15 is 0 Å². The minimum Gasteiger partial charge on any atom is -0.211 e. The lowest BCUT2D eigenvalue weighted by atomic mass is 10.1. The lowest BCUT2D eigenvalue weighted by Gasteiger charge is -2.16. The van der Waals surface area contributed by atoms with Gasteiger partial charge in [-0.1, -0.05) is 29.3 Å². The first-order valence-electron chi connectivity index (χ1n) is 2.99. The second-order valence-electron chi connectivity index (χ2n) is 2.16. The van der Waals surface area contributed by atoms with Crippen molar-refractivity contribution in [2.24, 2.45) is 4.99 Å². The van der Waals surface area contributed by atoms with Crippen molar-refractivity contribution in [3.05, 3.63) is 23.3 Å². The molecule has 0 aliphatic heterocycles. The molecule has 0 amide bonds. The predicted octanol–water partition coefficient (Wildman–Crippen LogP) is 2.34. The van der Waals surface area contributed by atoms with Gasteiger partial charge in [0.05, 0.1) is 0 Å². The van der Waals surface area contributed by atoms with E-state index in [1.54, 1.807) is 12.2 Å². The fourth-order valence-corrected chi connectivity index (χ4v) is 1.38. The van der Waals surface area contributed by atoms with Crippen LogP contribution in [-0.4, -0.2) is 11.1 Å². The van der Waals surface area contributed by atoms with Gasteiger partial charge in [0.2, 0.25) is 6.08 Å². The first-order valence-corrected chi connectivity index (χ1v) is 3.75. The number of rotatable bonds is 1. The zero-order chi connectivity index (χ0) is 8.32. The summed E-state index contributed by atoms with van der Waals surface area (Å²) in [6, 6.07) is 0. The highest BCUT2D eigenvalue weighted by Crippen LogP contribution is 2.30. The van der Waals surface area contributed by atoms with Crippen LogP contribution in [0, 0.1) is 0 Å². The number of alkyl halides is 1. The molecule has 0 fully saturated rings. The van der Waals surface area contributed by atoms with Gasteiger partial charge in [-0.2, -0.15) is 4.99 Å². The van der Waals surface area contributed by atoms with Gasteiger partial charge < -0.3 is 0 Å². The smallest absolute Gasteiger partial charge is 0.211 e. The molecule has 0 saturated heterocycles. The van der Waals surface area contributed by atoms with E-state index in [4.69, 9.17) is 23.2 Å². The number of nitrogens with zero attached hydrogens (tertiary/aromatic N) is 1. The van der Waals surface area contributed by atoms with Crippen molar-refractivity contribution in [2.75, 3.05) is 0 Å². The lowest BCUT2D eigenvalue weighted by Crippen LogP contribution is -2.15. The summed E-state index contributed by atoms with van der Waals surface area (Å²) in [5.41, 5.74) is 0. The van der Waals surface area contributed by atoms with Gasteiger partial charge in [-0.05, 0) is 12.2 Å². The number of allylic oxidation sites excluding steroid dienone is 2. The Kier molecular flexibility index (Phi) is 2.50. The minimum atomic E-state index is -1.01. The number of aliphatic imine (C=N–C) groups is 1. The Labute approximate surface area is 74.2 Å². The first-order chi connectivity index (χ1) is 5.16. The molecule has 0 heterocycles. The quantitative estimate of drug-likeness (QED) is 0.270. The van der Waals surface area contributed by atoms with E-state index in [0.717, 1.165) is 0 Å². The largest absolute Gasteiger partial charge is 0.237 e. The van der Waals surface area contributed by atoms with Crippen molar-refractivity contribution < 1.29 is 4.79 Å². The van der Waals surface area contributed by atoms with Gasteiger partial charge in [-0.25, -0.2) is 4.79 Å². The van der Waals surface area contributed by atoms with Gasteiger partial charge in [0, 0.05) is 11.5 Å². The van der Waals surface area contributed by atoms with E-state index < -0.39 is 5.00 Å². The standard InChI is InChI=1S/C7H5Cl2NO/c8-6-2-1-3-7(9,4-6)10-5-11/h1-2,4H,3H2. The normalized spacial score (nSPS) is 29.1. The number of isocyanates is 1. The van der Waals surface area contributed by atoms with Gasteiger partial charge in [0.1, 0.15) is 0 Å². The monoisotopic (exact) mass is 189 g/mol. The second-order valence-corrected chi connectivity index (χ2v) is 3.25. The Morgan fingerprint density at radius 3 is 3.00 bits per heavy atom. The van der Waals surface area contributed by atoms with Gasteiger partial charge >= 0.3 is 0 Å². The third-order valence-electron chi connectivity index (χ3n) is 1.27. The number of hydrogen-bond acceptors (Lipinski definition) is 2. The van der Waals surface area contributed by atoms with Crippen LogP contribution in [0.2, 0.25) is 0 Å². The van der Waals surface area contributed by atoms with Crippen LogP contribution in [0.25, 0.3) is 0 Å². The Morgan fingerprint density at radius 2 is 2.45 bits per heavy atom. The maximum atomic E-state index is 9.91. The van der Waals surface area contributed by atoms with Crippen molar-refractivity contribution in [3.8, 4) is 0 Å². The Hall–Kier alpha value is -0.560. The SMILES string of the molecule is O=C=NC1(Cl)C=C(Cl)C=CC1. The van der Waals surface area contributed by atoms with Gasteiger partial charge in [-0.3, -0.25) is 0 Å². The molecule has 0 bridgehead atoms. The summed E-state index contributed by atoms with van der Waals surface area (Å²) in [5.74, 6) is 0. The van der Waals surface area contributed by atoms with Crippen LogP contribution in [-0.2, 0) is 4.79 Å². The maximum Gasteiger partial charge on any atom is 0.237 e. The zero-order valence-electron chi connectivity index (χ0n) is 5.55. The molecule has 0 aromatic carbocycles. The molecule has 1 aliphatic rings. The van der Waals surface area contributed by atoms with Crippen LogP contribution in [0.4, 0.5) is 0 Å². The van der Waals surface area contributed by atoms with Crippen LogP contribution in [0.15, 0.2) is 28.3 Å². The third kappa shape index (κ3) is 2.19. The summed E-state index contributed by atoms with van der Waals surface area (Å²) >= 11 is 11.5. The fraction of sp³-hybridized carbons (Fsp3) is 0.286. The van der Waals surface area contributed by atoms with Crippen LogP contribution < -0.4 is 0 Å². The Balaban J connectivity index is 2.91. The number of carbonyl (C=O) groups excluding carboxylic acids is 1. The molecule has 0 spiro atoms. The molecule has 58 valence electrons. The van der Waals surface area contributed by atoms with Gasteiger partial charge in [-0.15, -0.1) is 0 Å². The Bertz CT molecular complexity index is 266. The highest BCUT2D eigenvalue weighted by atomic mass is 35.5. The van der Waals surface area contributed by atoms with E-state index in [2.05, 4.69) is 4.99 Å². The molecule has 1 aliphatic carbocycles. The Morgan fingerprint density at radius 1 is 1.73 bits per heavy atom. The minimum absolute atomic E-state index is 0.472. The average Bonchev–Trinajstić information content (AvgIpc) is 1.86. The summed E-state index contributed by atoms with van der Waals surface area (Å²) in [4.78, 5) is 12.3. The molecule has 0 aromatic heterocycles. The molecule has 4 heteroatoms. The average molecular weight is 190 g/mol. The van der Waals surface area contributed by atoms with E-state index in [-0.39, 0.29) is 0 Å². The summed E-state index contributed by atoms with van der Waals surface area (Å²) in [5, 5.41) is 0.491. The molecular weight excluding hydrogens is 185 g/mol. The predicted molar refractivity (Wildman–Crippen MR) is 44.4 cm³/mol. The third-order valence-corrected chi connectivity index (χ3v) is 1.85. The molecule has 0 radical (unpaired) electrons. The molecule has 0 N–H and O–H groups in total. The molecule has 1 atom stereocenters. The highest BCUT2D eigenvalue weighted by Gasteiger charge is 2.24. The molecule has 11 heavy (non-hydrogen) atoms. The molecule has 2 nitrogen and oxygen atoms in total. The van der Waals surface area contributed by atoms with Gasteiger partial charge in [0.15, 0.2) is 5.00 Å². The molecular formula is C7H5Cl2NO. The second kappa shape index (κ2) is 3.22. The molecule has 0 saturated carbocycles. The van der Waals surface area contributed by atoms with Crippen molar-refractivity contribution in [1.82, 2.24) is 0 Å². The highest BCUT2D eigenvalue weighted by molar-refractivity contribution is 6.33. The van der Waals surface area contributed by atoms with E-state index in [1.807, 2.05) is 0 Å². The van der Waals surface area contributed by atoms with Crippen LogP contribution in [0.3, 0.4) is 0 Å².